The van der Waals surface area contributed by atoms with Crippen LogP contribution >= 0.6 is 15.9 Å². The molecule has 0 heterocycles. The SMILES string of the molecule is CN(C)C=C1C=CCC(=CN(C)C)C1Br. The fourth-order valence-corrected chi connectivity index (χ4v) is 2.17. The van der Waals surface area contributed by atoms with E-state index in [1.165, 1.54) is 11.1 Å². The zero-order valence-electron chi connectivity index (χ0n) is 9.87. The van der Waals surface area contributed by atoms with Crippen molar-refractivity contribution in [2.24, 2.45) is 0 Å². The maximum absolute atomic E-state index is 3.74. The lowest BCUT2D eigenvalue weighted by Gasteiger charge is -2.22. The van der Waals surface area contributed by atoms with Crippen molar-refractivity contribution in [1.29, 1.82) is 0 Å². The van der Waals surface area contributed by atoms with Gasteiger partial charge in [0, 0.05) is 34.4 Å². The maximum Gasteiger partial charge on any atom is 0.0638 e. The Labute approximate surface area is 101 Å². The van der Waals surface area contributed by atoms with Gasteiger partial charge in [0.25, 0.3) is 0 Å². The minimum Gasteiger partial charge on any atom is -0.383 e. The van der Waals surface area contributed by atoms with E-state index >= 15 is 0 Å². The second-order valence-electron chi connectivity index (χ2n) is 4.23. The van der Waals surface area contributed by atoms with Crippen molar-refractivity contribution in [3.8, 4) is 0 Å². The van der Waals surface area contributed by atoms with Crippen molar-refractivity contribution in [3.63, 3.8) is 0 Å². The molecule has 0 N–H and O–H groups in total. The van der Waals surface area contributed by atoms with Gasteiger partial charge in [0.15, 0.2) is 0 Å². The third-order valence-electron chi connectivity index (χ3n) is 2.11. The Morgan fingerprint density at radius 1 is 1.20 bits per heavy atom. The minimum atomic E-state index is 0.340. The highest BCUT2D eigenvalue weighted by Gasteiger charge is 2.17. The van der Waals surface area contributed by atoms with Gasteiger partial charge >= 0.3 is 0 Å². The lowest BCUT2D eigenvalue weighted by molar-refractivity contribution is 0.550. The van der Waals surface area contributed by atoms with Gasteiger partial charge in [-0.3, -0.25) is 0 Å². The fourth-order valence-electron chi connectivity index (χ4n) is 1.59. The molecule has 0 saturated carbocycles. The molecule has 1 rings (SSSR count). The second-order valence-corrected chi connectivity index (χ2v) is 5.15. The van der Waals surface area contributed by atoms with E-state index in [1.54, 1.807) is 0 Å². The predicted molar refractivity (Wildman–Crippen MR) is 70.0 cm³/mol. The van der Waals surface area contributed by atoms with Gasteiger partial charge in [0.2, 0.25) is 0 Å². The molecule has 0 aromatic heterocycles. The fraction of sp³-hybridized carbons (Fsp3) is 0.500. The molecule has 0 aromatic carbocycles. The molecule has 1 atom stereocenters. The van der Waals surface area contributed by atoms with Crippen LogP contribution in [0, 0.1) is 0 Å². The smallest absolute Gasteiger partial charge is 0.0638 e. The van der Waals surface area contributed by atoms with Gasteiger partial charge in [-0.2, -0.15) is 0 Å². The van der Waals surface area contributed by atoms with Crippen LogP contribution in [0.15, 0.2) is 35.7 Å². The molecule has 0 fully saturated rings. The molecule has 1 unspecified atom stereocenters. The molecule has 0 radical (unpaired) electrons. The van der Waals surface area contributed by atoms with E-state index < -0.39 is 0 Å². The maximum atomic E-state index is 3.74. The van der Waals surface area contributed by atoms with Crippen molar-refractivity contribution in [2.75, 3.05) is 28.2 Å². The summed E-state index contributed by atoms with van der Waals surface area (Å²) in [6.07, 6.45) is 9.76. The van der Waals surface area contributed by atoms with E-state index in [9.17, 15) is 0 Å². The van der Waals surface area contributed by atoms with Gasteiger partial charge in [0.1, 0.15) is 0 Å². The Morgan fingerprint density at radius 3 is 2.33 bits per heavy atom. The van der Waals surface area contributed by atoms with Crippen LogP contribution in [-0.4, -0.2) is 42.8 Å². The van der Waals surface area contributed by atoms with Gasteiger partial charge in [-0.25, -0.2) is 0 Å². The van der Waals surface area contributed by atoms with Crippen molar-refractivity contribution >= 4 is 15.9 Å². The van der Waals surface area contributed by atoms with Crippen LogP contribution in [0.2, 0.25) is 0 Å². The number of hydrogen-bond acceptors (Lipinski definition) is 2. The summed E-state index contributed by atoms with van der Waals surface area (Å²) < 4.78 is 0. The summed E-state index contributed by atoms with van der Waals surface area (Å²) in [7, 11) is 8.20. The first-order valence-corrected chi connectivity index (χ1v) is 5.98. The Kier molecular flexibility index (Phi) is 4.45. The standard InChI is InChI=1S/C12H19BrN2/c1-14(2)8-10-6-5-7-11(12(10)13)9-15(3)4/h5-6,8-9,12H,7H2,1-4H3. The highest BCUT2D eigenvalue weighted by Crippen LogP contribution is 2.29. The van der Waals surface area contributed by atoms with E-state index in [-0.39, 0.29) is 0 Å². The van der Waals surface area contributed by atoms with Gasteiger partial charge in [-0.15, -0.1) is 0 Å². The monoisotopic (exact) mass is 270 g/mol. The summed E-state index contributed by atoms with van der Waals surface area (Å²) in [4.78, 5) is 4.51. The molecule has 0 aromatic rings. The van der Waals surface area contributed by atoms with Crippen LogP contribution in [0.1, 0.15) is 6.42 Å². The molecule has 0 spiro atoms. The predicted octanol–water partition coefficient (Wildman–Crippen LogP) is 2.60. The molecular formula is C12H19BrN2. The van der Waals surface area contributed by atoms with Crippen molar-refractivity contribution in [3.05, 3.63) is 35.7 Å². The number of nitrogens with zero attached hydrogens (tertiary/aromatic N) is 2. The molecule has 3 heteroatoms. The van der Waals surface area contributed by atoms with Crippen LogP contribution in [0.3, 0.4) is 0 Å². The molecular weight excluding hydrogens is 252 g/mol. The van der Waals surface area contributed by atoms with E-state index in [0.29, 0.717) is 4.83 Å². The summed E-state index contributed by atoms with van der Waals surface area (Å²) in [6.45, 7) is 0. The van der Waals surface area contributed by atoms with Crippen LogP contribution in [-0.2, 0) is 0 Å². The van der Waals surface area contributed by atoms with Crippen LogP contribution in [0.5, 0.6) is 0 Å². The number of alkyl halides is 1. The first-order chi connectivity index (χ1) is 7.00. The van der Waals surface area contributed by atoms with Crippen LogP contribution in [0.25, 0.3) is 0 Å². The lowest BCUT2D eigenvalue weighted by atomic mass is 9.97. The highest BCUT2D eigenvalue weighted by atomic mass is 79.9. The molecule has 0 bridgehead atoms. The average Bonchev–Trinajstić information content (AvgIpc) is 2.10. The Balaban J connectivity index is 2.89. The molecule has 84 valence electrons. The van der Waals surface area contributed by atoms with Gasteiger partial charge < -0.3 is 9.80 Å². The van der Waals surface area contributed by atoms with Gasteiger partial charge in [-0.05, 0) is 23.8 Å². The van der Waals surface area contributed by atoms with Crippen molar-refractivity contribution in [2.45, 2.75) is 11.2 Å². The summed E-state index contributed by atoms with van der Waals surface area (Å²) >= 11 is 3.74. The largest absolute Gasteiger partial charge is 0.383 e. The number of allylic oxidation sites excluding steroid dienone is 4. The summed E-state index contributed by atoms with van der Waals surface area (Å²) in [5, 5.41) is 0. The molecule has 1 aliphatic carbocycles. The van der Waals surface area contributed by atoms with E-state index in [2.05, 4.69) is 64.4 Å². The van der Waals surface area contributed by atoms with Crippen molar-refractivity contribution in [1.82, 2.24) is 9.80 Å². The van der Waals surface area contributed by atoms with E-state index in [4.69, 9.17) is 0 Å². The second kappa shape index (κ2) is 5.40. The summed E-state index contributed by atoms with van der Waals surface area (Å²) in [5.74, 6) is 0. The number of rotatable bonds is 2. The normalized spacial score (nSPS) is 26.1. The molecule has 1 aliphatic rings. The molecule has 15 heavy (non-hydrogen) atoms. The van der Waals surface area contributed by atoms with Crippen molar-refractivity contribution < 1.29 is 0 Å². The van der Waals surface area contributed by atoms with E-state index in [1.807, 2.05) is 14.1 Å². The average molecular weight is 271 g/mol. The van der Waals surface area contributed by atoms with Crippen LogP contribution in [0.4, 0.5) is 0 Å². The third kappa shape index (κ3) is 3.74. The minimum absolute atomic E-state index is 0.340. The molecule has 2 nitrogen and oxygen atoms in total. The Morgan fingerprint density at radius 2 is 1.80 bits per heavy atom. The number of hydrogen-bond donors (Lipinski definition) is 0. The topological polar surface area (TPSA) is 6.48 Å². The van der Waals surface area contributed by atoms with Crippen LogP contribution < -0.4 is 0 Å². The summed E-state index contributed by atoms with van der Waals surface area (Å²) in [6, 6.07) is 0. The molecule has 0 amide bonds. The Bertz CT molecular complexity index is 301. The molecule has 0 aliphatic heterocycles. The zero-order chi connectivity index (χ0) is 11.4. The van der Waals surface area contributed by atoms with Gasteiger partial charge in [0.05, 0.1) is 4.83 Å². The number of halogens is 1. The quantitative estimate of drug-likeness (QED) is 0.712. The first-order valence-electron chi connectivity index (χ1n) is 5.06. The molecule has 0 saturated heterocycles. The lowest BCUT2D eigenvalue weighted by Crippen LogP contribution is -2.15. The highest BCUT2D eigenvalue weighted by molar-refractivity contribution is 9.09. The first kappa shape index (κ1) is 12.4. The van der Waals surface area contributed by atoms with E-state index in [0.717, 1.165) is 6.42 Å². The summed E-state index contributed by atoms with van der Waals surface area (Å²) in [5.41, 5.74) is 2.70. The zero-order valence-corrected chi connectivity index (χ0v) is 11.5. The van der Waals surface area contributed by atoms with Gasteiger partial charge in [-0.1, -0.05) is 28.1 Å². The Hall–Kier alpha value is -0.700. The third-order valence-corrected chi connectivity index (χ3v) is 3.23.